The van der Waals surface area contributed by atoms with E-state index in [1.165, 1.54) is 0 Å². The van der Waals surface area contributed by atoms with Gasteiger partial charge >= 0.3 is 0 Å². The molecule has 2 aromatic heterocycles. The van der Waals surface area contributed by atoms with E-state index in [1.807, 2.05) is 26.0 Å². The summed E-state index contributed by atoms with van der Waals surface area (Å²) in [6.45, 7) is 4.54. The molecule has 0 bridgehead atoms. The van der Waals surface area contributed by atoms with Crippen LogP contribution in [-0.4, -0.2) is 39.7 Å². The van der Waals surface area contributed by atoms with Crippen LogP contribution in [0.2, 0.25) is 5.02 Å². The number of carbonyl (C=O) groups is 2. The molecule has 0 saturated carbocycles. The molecule has 2 aliphatic heterocycles. The van der Waals surface area contributed by atoms with Gasteiger partial charge < -0.3 is 14.2 Å². The summed E-state index contributed by atoms with van der Waals surface area (Å²) in [6, 6.07) is 10.7. The molecule has 0 aliphatic carbocycles. The third-order valence-corrected chi connectivity index (χ3v) is 6.12. The van der Waals surface area contributed by atoms with Crippen LogP contribution >= 0.6 is 11.6 Å². The monoisotopic (exact) mass is 407 g/mol. The second-order valence-corrected chi connectivity index (χ2v) is 7.80. The molecule has 0 radical (unpaired) electrons. The summed E-state index contributed by atoms with van der Waals surface area (Å²) in [5.41, 5.74) is 1.87. The summed E-state index contributed by atoms with van der Waals surface area (Å²) in [4.78, 5) is 34.5. The van der Waals surface area contributed by atoms with Crippen LogP contribution in [0.1, 0.15) is 43.4 Å². The van der Waals surface area contributed by atoms with E-state index in [2.05, 4.69) is 4.98 Å². The lowest BCUT2D eigenvalue weighted by Crippen LogP contribution is -2.51. The van der Waals surface area contributed by atoms with Crippen molar-refractivity contribution in [3.05, 3.63) is 87.6 Å². The van der Waals surface area contributed by atoms with Crippen LogP contribution in [0.4, 0.5) is 0 Å². The number of furan rings is 1. The zero-order valence-electron chi connectivity index (χ0n) is 16.0. The van der Waals surface area contributed by atoms with E-state index in [9.17, 15) is 9.59 Å². The highest BCUT2D eigenvalue weighted by atomic mass is 35.5. The van der Waals surface area contributed by atoms with E-state index < -0.39 is 5.66 Å². The Hall–Kier alpha value is -3.12. The van der Waals surface area contributed by atoms with Crippen molar-refractivity contribution < 1.29 is 14.0 Å². The number of aromatic nitrogens is 1. The first kappa shape index (κ1) is 17.9. The van der Waals surface area contributed by atoms with Gasteiger partial charge in [0.25, 0.3) is 11.8 Å². The van der Waals surface area contributed by atoms with E-state index in [0.29, 0.717) is 35.0 Å². The molecule has 7 heteroatoms. The van der Waals surface area contributed by atoms with Gasteiger partial charge in [-0.05, 0) is 43.7 Å². The first-order chi connectivity index (χ1) is 13.9. The number of fused-ring (bicyclic) bond motifs is 3. The fourth-order valence-corrected chi connectivity index (χ4v) is 4.55. The molecule has 3 aromatic rings. The number of carbonyl (C=O) groups excluding carboxylic acids is 2. The highest BCUT2D eigenvalue weighted by Crippen LogP contribution is 2.50. The first-order valence-electron chi connectivity index (χ1n) is 9.36. The quantitative estimate of drug-likeness (QED) is 0.648. The van der Waals surface area contributed by atoms with Crippen LogP contribution in [0.3, 0.4) is 0 Å². The van der Waals surface area contributed by atoms with Crippen LogP contribution in [0, 0.1) is 13.8 Å². The Morgan fingerprint density at radius 3 is 2.62 bits per heavy atom. The maximum absolute atomic E-state index is 13.6. The van der Waals surface area contributed by atoms with Crippen LogP contribution in [0.5, 0.6) is 0 Å². The average molecular weight is 408 g/mol. The summed E-state index contributed by atoms with van der Waals surface area (Å²) < 4.78 is 5.72. The molecule has 4 heterocycles. The third-order valence-electron chi connectivity index (χ3n) is 5.87. The topological polar surface area (TPSA) is 66.7 Å². The fourth-order valence-electron chi connectivity index (χ4n) is 4.42. The van der Waals surface area contributed by atoms with Crippen molar-refractivity contribution in [2.45, 2.75) is 19.5 Å². The molecule has 5 rings (SSSR count). The molecule has 6 nitrogen and oxygen atoms in total. The molecule has 1 atom stereocenters. The minimum atomic E-state index is -1.07. The summed E-state index contributed by atoms with van der Waals surface area (Å²) in [5, 5.41) is 0.584. The van der Waals surface area contributed by atoms with Crippen LogP contribution in [0.15, 0.2) is 53.2 Å². The average Bonchev–Trinajstić information content (AvgIpc) is 3.35. The van der Waals surface area contributed by atoms with Gasteiger partial charge in [-0.1, -0.05) is 23.7 Å². The minimum absolute atomic E-state index is 0.112. The van der Waals surface area contributed by atoms with E-state index in [4.69, 9.17) is 16.0 Å². The molecule has 1 unspecified atom stereocenters. The number of halogens is 1. The molecular formula is C22H18ClN3O3. The number of nitrogens with zero attached hydrogens (tertiary/aromatic N) is 3. The van der Waals surface area contributed by atoms with E-state index in [0.717, 1.165) is 11.1 Å². The lowest BCUT2D eigenvalue weighted by molar-refractivity contribution is 0.0353. The SMILES string of the molecule is Cc1cc(C(=O)N2CCN3C(=O)c4ccncc4C23c2ccc(Cl)cc2)oc1C. The largest absolute Gasteiger partial charge is 0.456 e. The molecule has 2 aliphatic rings. The fraction of sp³-hybridized carbons (Fsp3) is 0.227. The van der Waals surface area contributed by atoms with Gasteiger partial charge in [-0.25, -0.2) is 0 Å². The van der Waals surface area contributed by atoms with Crippen LogP contribution in [-0.2, 0) is 5.66 Å². The molecule has 1 saturated heterocycles. The highest BCUT2D eigenvalue weighted by molar-refractivity contribution is 6.30. The maximum Gasteiger partial charge on any atom is 0.292 e. The van der Waals surface area contributed by atoms with Crippen molar-refractivity contribution in [3.8, 4) is 0 Å². The number of aryl methyl sites for hydroxylation is 2. The van der Waals surface area contributed by atoms with Crippen molar-refractivity contribution in [3.63, 3.8) is 0 Å². The van der Waals surface area contributed by atoms with Gasteiger partial charge in [-0.3, -0.25) is 14.6 Å². The van der Waals surface area contributed by atoms with Crippen LogP contribution in [0.25, 0.3) is 0 Å². The Labute approximate surface area is 172 Å². The zero-order valence-corrected chi connectivity index (χ0v) is 16.7. The Morgan fingerprint density at radius 1 is 1.17 bits per heavy atom. The summed E-state index contributed by atoms with van der Waals surface area (Å²) in [6.07, 6.45) is 3.27. The molecular weight excluding hydrogens is 390 g/mol. The zero-order chi connectivity index (χ0) is 20.3. The molecule has 1 fully saturated rings. The van der Waals surface area contributed by atoms with Crippen LogP contribution < -0.4 is 0 Å². The Bertz CT molecular complexity index is 1130. The maximum atomic E-state index is 13.6. The summed E-state index contributed by atoms with van der Waals surface area (Å²) >= 11 is 6.11. The van der Waals surface area contributed by atoms with Gasteiger partial charge in [0, 0.05) is 41.6 Å². The van der Waals surface area contributed by atoms with Crippen molar-refractivity contribution in [2.24, 2.45) is 0 Å². The lowest BCUT2D eigenvalue weighted by Gasteiger charge is -2.39. The van der Waals surface area contributed by atoms with Crippen molar-refractivity contribution in [1.29, 1.82) is 0 Å². The number of amides is 2. The van der Waals surface area contributed by atoms with Gasteiger partial charge in [-0.2, -0.15) is 0 Å². The number of hydrogen-bond acceptors (Lipinski definition) is 4. The van der Waals surface area contributed by atoms with E-state index in [-0.39, 0.29) is 17.6 Å². The predicted octanol–water partition coefficient (Wildman–Crippen LogP) is 3.76. The predicted molar refractivity (Wildman–Crippen MR) is 107 cm³/mol. The number of benzene rings is 1. The van der Waals surface area contributed by atoms with Gasteiger partial charge in [0.1, 0.15) is 5.76 Å². The standard InChI is InChI=1S/C22H18ClN3O3/c1-13-11-19(29-14(13)2)21(28)26-10-9-25-20(27)17-7-8-24-12-18(17)22(25,26)15-3-5-16(23)6-4-15/h3-8,11-12H,9-10H2,1-2H3. The van der Waals surface area contributed by atoms with E-state index in [1.54, 1.807) is 46.5 Å². The molecule has 0 N–H and O–H groups in total. The molecule has 146 valence electrons. The molecule has 1 aromatic carbocycles. The second-order valence-electron chi connectivity index (χ2n) is 7.36. The Kier molecular flexibility index (Phi) is 3.83. The van der Waals surface area contributed by atoms with Crippen molar-refractivity contribution >= 4 is 23.4 Å². The smallest absolute Gasteiger partial charge is 0.292 e. The minimum Gasteiger partial charge on any atom is -0.456 e. The van der Waals surface area contributed by atoms with E-state index >= 15 is 0 Å². The molecule has 2 amide bonds. The first-order valence-corrected chi connectivity index (χ1v) is 9.74. The Morgan fingerprint density at radius 2 is 1.93 bits per heavy atom. The Balaban J connectivity index is 1.75. The van der Waals surface area contributed by atoms with Gasteiger partial charge in [0.2, 0.25) is 0 Å². The van der Waals surface area contributed by atoms with Gasteiger partial charge in [-0.15, -0.1) is 0 Å². The second kappa shape index (κ2) is 6.19. The number of pyridine rings is 1. The number of hydrogen-bond donors (Lipinski definition) is 0. The van der Waals surface area contributed by atoms with Gasteiger partial charge in [0.15, 0.2) is 11.4 Å². The van der Waals surface area contributed by atoms with Gasteiger partial charge in [0.05, 0.1) is 5.56 Å². The summed E-state index contributed by atoms with van der Waals surface area (Å²) in [5.74, 6) is 0.595. The normalized spacial score (nSPS) is 20.2. The molecule has 0 spiro atoms. The number of rotatable bonds is 2. The van der Waals surface area contributed by atoms with Crippen molar-refractivity contribution in [1.82, 2.24) is 14.8 Å². The van der Waals surface area contributed by atoms with Crippen molar-refractivity contribution in [2.75, 3.05) is 13.1 Å². The molecule has 29 heavy (non-hydrogen) atoms. The summed E-state index contributed by atoms with van der Waals surface area (Å²) in [7, 11) is 0. The third kappa shape index (κ3) is 2.32. The highest BCUT2D eigenvalue weighted by Gasteiger charge is 2.60. The lowest BCUT2D eigenvalue weighted by atomic mass is 9.91.